The topological polar surface area (TPSA) is 88.3 Å². The number of nitrogens with two attached hydrogens (primary N) is 1. The Morgan fingerprint density at radius 1 is 1.47 bits per heavy atom. The summed E-state index contributed by atoms with van der Waals surface area (Å²) in [5.41, 5.74) is 9.33. The monoisotopic (exact) mass is 262 g/mol. The van der Waals surface area contributed by atoms with Gasteiger partial charge in [0.1, 0.15) is 0 Å². The summed E-state index contributed by atoms with van der Waals surface area (Å²) in [4.78, 5) is 29.1. The first-order valence-electron chi connectivity index (χ1n) is 6.18. The molecule has 2 rings (SSSR count). The molecule has 6 heteroatoms. The number of hydrogen-bond donors (Lipinski definition) is 2. The highest BCUT2D eigenvalue weighted by Gasteiger charge is 2.30. The third-order valence-corrected chi connectivity index (χ3v) is 3.57. The standard InChI is InChI=1S/C13H18N4O2/c1-7-4-15-10(8(2)12(7)14)5-17-6-11(18)16-13(19)9(17)3/h4,9H,5-6H2,1-3H3,(H2,14,15)(H,16,18,19). The summed E-state index contributed by atoms with van der Waals surface area (Å²) in [7, 11) is 0. The molecule has 0 aliphatic carbocycles. The average Bonchev–Trinajstić information content (AvgIpc) is 2.36. The van der Waals surface area contributed by atoms with Crippen molar-refractivity contribution in [3.05, 3.63) is 23.0 Å². The van der Waals surface area contributed by atoms with Crippen LogP contribution in [0.2, 0.25) is 0 Å². The van der Waals surface area contributed by atoms with Gasteiger partial charge in [0.25, 0.3) is 0 Å². The number of amides is 2. The van der Waals surface area contributed by atoms with Crippen molar-refractivity contribution in [1.29, 1.82) is 0 Å². The van der Waals surface area contributed by atoms with Crippen molar-refractivity contribution in [1.82, 2.24) is 15.2 Å². The maximum atomic E-state index is 11.6. The number of carbonyl (C=O) groups excluding carboxylic acids is 2. The van der Waals surface area contributed by atoms with Gasteiger partial charge in [-0.25, -0.2) is 0 Å². The molecular weight excluding hydrogens is 244 g/mol. The lowest BCUT2D eigenvalue weighted by Gasteiger charge is -2.31. The summed E-state index contributed by atoms with van der Waals surface area (Å²) in [6.07, 6.45) is 1.72. The molecule has 102 valence electrons. The summed E-state index contributed by atoms with van der Waals surface area (Å²) >= 11 is 0. The molecule has 0 bridgehead atoms. The molecule has 1 aromatic heterocycles. The Morgan fingerprint density at radius 3 is 2.84 bits per heavy atom. The van der Waals surface area contributed by atoms with Gasteiger partial charge in [-0.1, -0.05) is 0 Å². The molecule has 1 atom stereocenters. The summed E-state index contributed by atoms with van der Waals surface area (Å²) < 4.78 is 0. The van der Waals surface area contributed by atoms with Crippen LogP contribution >= 0.6 is 0 Å². The normalized spacial score (nSPS) is 20.5. The van der Waals surface area contributed by atoms with Crippen molar-refractivity contribution in [2.45, 2.75) is 33.4 Å². The first kappa shape index (κ1) is 13.5. The Balaban J connectivity index is 2.23. The summed E-state index contributed by atoms with van der Waals surface area (Å²) in [5, 5.41) is 2.32. The van der Waals surface area contributed by atoms with Crippen molar-refractivity contribution in [3.8, 4) is 0 Å². The van der Waals surface area contributed by atoms with Crippen molar-refractivity contribution in [2.24, 2.45) is 0 Å². The minimum atomic E-state index is -0.346. The van der Waals surface area contributed by atoms with Gasteiger partial charge in [-0.2, -0.15) is 0 Å². The molecule has 19 heavy (non-hydrogen) atoms. The lowest BCUT2D eigenvalue weighted by molar-refractivity contribution is -0.139. The number of nitrogen functional groups attached to an aromatic ring is 1. The third kappa shape index (κ3) is 2.58. The first-order chi connectivity index (χ1) is 8.90. The SMILES string of the molecule is Cc1cnc(CN2CC(=O)NC(=O)C2C)c(C)c1N. The van der Waals surface area contributed by atoms with E-state index >= 15 is 0 Å². The fourth-order valence-corrected chi connectivity index (χ4v) is 2.11. The molecule has 1 saturated heterocycles. The highest BCUT2D eigenvalue weighted by Crippen LogP contribution is 2.20. The van der Waals surface area contributed by atoms with Gasteiger partial charge in [-0.3, -0.25) is 24.8 Å². The predicted molar refractivity (Wildman–Crippen MR) is 71.1 cm³/mol. The molecule has 1 aliphatic heterocycles. The molecule has 0 radical (unpaired) electrons. The molecule has 1 unspecified atom stereocenters. The number of carbonyl (C=O) groups is 2. The molecule has 6 nitrogen and oxygen atoms in total. The molecule has 2 amide bonds. The second-order valence-electron chi connectivity index (χ2n) is 4.92. The van der Waals surface area contributed by atoms with Crippen LogP contribution in [0.1, 0.15) is 23.7 Å². The van der Waals surface area contributed by atoms with Crippen LogP contribution in [0.25, 0.3) is 0 Å². The van der Waals surface area contributed by atoms with Crippen LogP contribution in [0, 0.1) is 13.8 Å². The van der Waals surface area contributed by atoms with Gasteiger partial charge in [-0.05, 0) is 31.9 Å². The molecule has 0 spiro atoms. The van der Waals surface area contributed by atoms with Gasteiger partial charge in [-0.15, -0.1) is 0 Å². The summed E-state index contributed by atoms with van der Waals surface area (Å²) in [5.74, 6) is -0.546. The highest BCUT2D eigenvalue weighted by atomic mass is 16.2. The van der Waals surface area contributed by atoms with Gasteiger partial charge in [0.05, 0.1) is 18.3 Å². The largest absolute Gasteiger partial charge is 0.398 e. The number of imide groups is 1. The second-order valence-corrected chi connectivity index (χ2v) is 4.92. The van der Waals surface area contributed by atoms with Crippen LogP contribution in [0.5, 0.6) is 0 Å². The van der Waals surface area contributed by atoms with Gasteiger partial charge in [0.2, 0.25) is 11.8 Å². The predicted octanol–water partition coefficient (Wildman–Crippen LogP) is 0.128. The summed E-state index contributed by atoms with van der Waals surface area (Å²) in [6, 6.07) is -0.346. The van der Waals surface area contributed by atoms with Crippen molar-refractivity contribution in [2.75, 3.05) is 12.3 Å². The van der Waals surface area contributed by atoms with Crippen LogP contribution in [0.4, 0.5) is 5.69 Å². The van der Waals surface area contributed by atoms with Gasteiger partial charge < -0.3 is 5.73 Å². The van der Waals surface area contributed by atoms with E-state index in [1.165, 1.54) is 0 Å². The molecule has 0 saturated carbocycles. The fourth-order valence-electron chi connectivity index (χ4n) is 2.11. The zero-order valence-corrected chi connectivity index (χ0v) is 11.4. The lowest BCUT2D eigenvalue weighted by atomic mass is 10.1. The zero-order valence-electron chi connectivity index (χ0n) is 11.4. The number of rotatable bonds is 2. The van der Waals surface area contributed by atoms with E-state index in [1.54, 1.807) is 18.0 Å². The van der Waals surface area contributed by atoms with Crippen molar-refractivity contribution in [3.63, 3.8) is 0 Å². The van der Waals surface area contributed by atoms with Crippen LogP contribution < -0.4 is 11.1 Å². The first-order valence-corrected chi connectivity index (χ1v) is 6.18. The molecule has 1 aliphatic rings. The van der Waals surface area contributed by atoms with Crippen LogP contribution in [-0.2, 0) is 16.1 Å². The maximum Gasteiger partial charge on any atom is 0.243 e. The Kier molecular flexibility index (Phi) is 3.53. The van der Waals surface area contributed by atoms with Gasteiger partial charge >= 0.3 is 0 Å². The van der Waals surface area contributed by atoms with E-state index in [0.29, 0.717) is 12.2 Å². The fraction of sp³-hybridized carbons (Fsp3) is 0.462. The summed E-state index contributed by atoms with van der Waals surface area (Å²) in [6.45, 7) is 6.22. The van der Waals surface area contributed by atoms with E-state index in [9.17, 15) is 9.59 Å². The molecule has 1 fully saturated rings. The molecule has 1 aromatic rings. The number of nitrogens with zero attached hydrogens (tertiary/aromatic N) is 2. The van der Waals surface area contributed by atoms with E-state index < -0.39 is 0 Å². The number of piperazine rings is 1. The van der Waals surface area contributed by atoms with E-state index in [4.69, 9.17) is 5.73 Å². The third-order valence-electron chi connectivity index (χ3n) is 3.57. The Labute approximate surface area is 112 Å². The minimum absolute atomic E-state index is 0.196. The molecular formula is C13H18N4O2. The number of aromatic nitrogens is 1. The number of hydrogen-bond acceptors (Lipinski definition) is 5. The quantitative estimate of drug-likeness (QED) is 0.739. The number of pyridine rings is 1. The Morgan fingerprint density at radius 2 is 2.16 bits per heavy atom. The van der Waals surface area contributed by atoms with Crippen molar-refractivity contribution >= 4 is 17.5 Å². The number of aryl methyl sites for hydroxylation is 1. The minimum Gasteiger partial charge on any atom is -0.398 e. The number of nitrogens with one attached hydrogen (secondary N) is 1. The van der Waals surface area contributed by atoms with Crippen LogP contribution in [-0.4, -0.2) is 34.3 Å². The van der Waals surface area contributed by atoms with E-state index in [2.05, 4.69) is 10.3 Å². The van der Waals surface area contributed by atoms with Crippen LogP contribution in [0.15, 0.2) is 6.20 Å². The smallest absolute Gasteiger partial charge is 0.243 e. The van der Waals surface area contributed by atoms with Gasteiger partial charge in [0, 0.05) is 18.4 Å². The van der Waals surface area contributed by atoms with E-state index in [-0.39, 0.29) is 24.4 Å². The van der Waals surface area contributed by atoms with E-state index in [1.807, 2.05) is 13.8 Å². The van der Waals surface area contributed by atoms with Gasteiger partial charge in [0.15, 0.2) is 0 Å². The Bertz CT molecular complexity index is 542. The van der Waals surface area contributed by atoms with Crippen molar-refractivity contribution < 1.29 is 9.59 Å². The lowest BCUT2D eigenvalue weighted by Crippen LogP contribution is -2.56. The zero-order chi connectivity index (χ0) is 14.2. The van der Waals surface area contributed by atoms with E-state index in [0.717, 1.165) is 16.8 Å². The second kappa shape index (κ2) is 4.97. The maximum absolute atomic E-state index is 11.6. The average molecular weight is 262 g/mol. The molecule has 3 N–H and O–H groups in total. The highest BCUT2D eigenvalue weighted by molar-refractivity contribution is 6.00. The molecule has 0 aromatic carbocycles. The Hall–Kier alpha value is -1.95. The van der Waals surface area contributed by atoms with Crippen LogP contribution in [0.3, 0.4) is 0 Å². The number of anilines is 1. The molecule has 2 heterocycles.